The second kappa shape index (κ2) is 13.9. The molecule has 0 unspecified atom stereocenters. The maximum Gasteiger partial charge on any atom is 0.0542 e. The van der Waals surface area contributed by atoms with E-state index in [1.165, 1.54) is 76.0 Å². The lowest BCUT2D eigenvalue weighted by Crippen LogP contribution is -2.11. The predicted molar refractivity (Wildman–Crippen MR) is 261 cm³/mol. The lowest BCUT2D eigenvalue weighted by Gasteiger charge is -2.28. The van der Waals surface area contributed by atoms with Crippen molar-refractivity contribution in [1.29, 1.82) is 0 Å². The summed E-state index contributed by atoms with van der Waals surface area (Å²) in [7, 11) is 0. The Morgan fingerprint density at radius 1 is 0.410 bits per heavy atom. The van der Waals surface area contributed by atoms with Crippen molar-refractivity contribution < 1.29 is 0 Å². The normalized spacial score (nSPS) is 11.8. The summed E-state index contributed by atoms with van der Waals surface area (Å²) in [4.78, 5) is 2.47. The van der Waals surface area contributed by atoms with Crippen LogP contribution in [0.1, 0.15) is 11.1 Å². The van der Waals surface area contributed by atoms with Crippen LogP contribution in [0.15, 0.2) is 206 Å². The molecule has 3 nitrogen and oxygen atoms in total. The van der Waals surface area contributed by atoms with Crippen LogP contribution in [-0.2, 0) is 0 Å². The zero-order chi connectivity index (χ0) is 40.6. The standard InChI is InChI=1S/C58H41N3/c1-37-23-27-41(28-24-37)59-53-21-5-3-15-45(53)40-13-7-14-43(35-40)60(44-31-33-56-52(36-44)46-16-4-6-22-54(46)61(56)42-29-25-38(2)26-30-42)55-34-32-50-48-18-9-12-39-11-8-17-47(57(39)48)49-19-10-20-51(55)58(49)50/h3-36,59H,1-2H3. The Balaban J connectivity index is 1.11. The molecule has 12 aromatic rings. The summed E-state index contributed by atoms with van der Waals surface area (Å²) >= 11 is 0. The fraction of sp³-hybridized carbons (Fsp3) is 0.0345. The highest BCUT2D eigenvalue weighted by molar-refractivity contribution is 6.34. The zero-order valence-corrected chi connectivity index (χ0v) is 34.0. The average Bonchev–Trinajstić information content (AvgIpc) is 3.63. The summed E-state index contributed by atoms with van der Waals surface area (Å²) in [5.74, 6) is 0. The van der Waals surface area contributed by atoms with Crippen LogP contribution in [0, 0.1) is 13.8 Å². The zero-order valence-electron chi connectivity index (χ0n) is 34.0. The lowest BCUT2D eigenvalue weighted by molar-refractivity contribution is 1.17. The first-order valence-electron chi connectivity index (χ1n) is 21.1. The molecule has 0 spiro atoms. The second-order valence-corrected chi connectivity index (χ2v) is 16.4. The third-order valence-corrected chi connectivity index (χ3v) is 12.6. The smallest absolute Gasteiger partial charge is 0.0542 e. The van der Waals surface area contributed by atoms with Gasteiger partial charge in [-0.05, 0) is 130 Å². The number of anilines is 5. The highest BCUT2D eigenvalue weighted by atomic mass is 15.1. The topological polar surface area (TPSA) is 20.2 Å². The minimum absolute atomic E-state index is 1.06. The van der Waals surface area contributed by atoms with E-state index in [0.29, 0.717) is 0 Å². The summed E-state index contributed by atoms with van der Waals surface area (Å²) in [5.41, 5.74) is 13.8. The van der Waals surface area contributed by atoms with Gasteiger partial charge in [-0.15, -0.1) is 0 Å². The third-order valence-electron chi connectivity index (χ3n) is 12.6. The highest BCUT2D eigenvalue weighted by Gasteiger charge is 2.22. The monoisotopic (exact) mass is 779 g/mol. The molecular formula is C58H41N3. The predicted octanol–water partition coefficient (Wildman–Crippen LogP) is 16.3. The van der Waals surface area contributed by atoms with Crippen molar-refractivity contribution in [2.45, 2.75) is 13.8 Å². The van der Waals surface area contributed by atoms with Crippen LogP contribution >= 0.6 is 0 Å². The summed E-state index contributed by atoms with van der Waals surface area (Å²) in [6, 6.07) is 75.9. The maximum atomic E-state index is 3.72. The third kappa shape index (κ3) is 5.66. The molecule has 288 valence electrons. The highest BCUT2D eigenvalue weighted by Crippen LogP contribution is 2.48. The van der Waals surface area contributed by atoms with Gasteiger partial charge in [-0.25, -0.2) is 0 Å². The number of fused-ring (bicyclic) bond motifs is 5. The van der Waals surface area contributed by atoms with E-state index in [0.717, 1.165) is 45.3 Å². The van der Waals surface area contributed by atoms with E-state index in [1.807, 2.05) is 0 Å². The summed E-state index contributed by atoms with van der Waals surface area (Å²) in [6.07, 6.45) is 0. The van der Waals surface area contributed by atoms with Crippen molar-refractivity contribution in [2.75, 3.05) is 10.2 Å². The number of nitrogens with zero attached hydrogens (tertiary/aromatic N) is 2. The molecule has 0 saturated carbocycles. The molecule has 0 aliphatic rings. The molecule has 61 heavy (non-hydrogen) atoms. The first-order chi connectivity index (χ1) is 30.1. The largest absolute Gasteiger partial charge is 0.355 e. The number of aryl methyl sites for hydroxylation is 2. The SMILES string of the molecule is Cc1ccc(Nc2ccccc2-c2cccc(N(c3ccc4c(c3)c3ccccc3n4-c3ccc(C)cc3)c3ccc4c5cccc6cccc(c7cccc3c74)c65)c2)cc1. The van der Waals surface area contributed by atoms with Gasteiger partial charge in [-0.2, -0.15) is 0 Å². The molecule has 12 rings (SSSR count). The van der Waals surface area contributed by atoms with Crippen molar-refractivity contribution >= 4 is 93.3 Å². The van der Waals surface area contributed by atoms with Gasteiger partial charge in [0.15, 0.2) is 0 Å². The Morgan fingerprint density at radius 3 is 1.82 bits per heavy atom. The van der Waals surface area contributed by atoms with Crippen LogP contribution in [0.4, 0.5) is 28.4 Å². The minimum atomic E-state index is 1.06. The molecular weight excluding hydrogens is 739 g/mol. The molecule has 0 bridgehead atoms. The van der Waals surface area contributed by atoms with Gasteiger partial charge >= 0.3 is 0 Å². The first-order valence-corrected chi connectivity index (χ1v) is 21.1. The number of para-hydroxylation sites is 2. The minimum Gasteiger partial charge on any atom is -0.355 e. The van der Waals surface area contributed by atoms with Crippen LogP contribution in [-0.4, -0.2) is 4.57 Å². The quantitative estimate of drug-likeness (QED) is 0.128. The van der Waals surface area contributed by atoms with Gasteiger partial charge in [0.05, 0.1) is 16.7 Å². The first kappa shape index (κ1) is 35.1. The van der Waals surface area contributed by atoms with Crippen LogP contribution in [0.5, 0.6) is 0 Å². The Bertz CT molecular complexity index is 3580. The Labute approximate surface area is 354 Å². The van der Waals surface area contributed by atoms with Crippen molar-refractivity contribution in [3.63, 3.8) is 0 Å². The summed E-state index contributed by atoms with van der Waals surface area (Å²) < 4.78 is 2.40. The molecule has 0 atom stereocenters. The van der Waals surface area contributed by atoms with E-state index in [2.05, 4.69) is 235 Å². The number of rotatable bonds is 7. The van der Waals surface area contributed by atoms with Gasteiger partial charge in [0.2, 0.25) is 0 Å². The molecule has 0 aliphatic heterocycles. The molecule has 0 fully saturated rings. The van der Waals surface area contributed by atoms with Crippen LogP contribution < -0.4 is 10.2 Å². The lowest BCUT2D eigenvalue weighted by atomic mass is 9.89. The van der Waals surface area contributed by atoms with Gasteiger partial charge in [0, 0.05) is 50.2 Å². The Hall–Kier alpha value is -7.88. The van der Waals surface area contributed by atoms with E-state index in [1.54, 1.807) is 0 Å². The van der Waals surface area contributed by atoms with E-state index >= 15 is 0 Å². The van der Waals surface area contributed by atoms with Gasteiger partial charge in [-0.3, -0.25) is 0 Å². The molecule has 0 radical (unpaired) electrons. The van der Waals surface area contributed by atoms with E-state index in [9.17, 15) is 0 Å². The van der Waals surface area contributed by atoms with Crippen molar-refractivity contribution in [3.05, 3.63) is 217 Å². The average molecular weight is 780 g/mol. The van der Waals surface area contributed by atoms with E-state index < -0.39 is 0 Å². The van der Waals surface area contributed by atoms with Crippen LogP contribution in [0.2, 0.25) is 0 Å². The van der Waals surface area contributed by atoms with Gasteiger partial charge in [0.1, 0.15) is 0 Å². The fourth-order valence-electron chi connectivity index (χ4n) is 9.77. The number of hydrogen-bond acceptors (Lipinski definition) is 2. The van der Waals surface area contributed by atoms with Crippen molar-refractivity contribution in [1.82, 2.24) is 4.57 Å². The molecule has 0 amide bonds. The molecule has 1 N–H and O–H groups in total. The summed E-state index contributed by atoms with van der Waals surface area (Å²) in [6.45, 7) is 4.27. The molecule has 1 heterocycles. The van der Waals surface area contributed by atoms with Crippen molar-refractivity contribution in [2.24, 2.45) is 0 Å². The molecule has 11 aromatic carbocycles. The molecule has 3 heteroatoms. The van der Waals surface area contributed by atoms with E-state index in [4.69, 9.17) is 0 Å². The van der Waals surface area contributed by atoms with Gasteiger partial charge < -0.3 is 14.8 Å². The van der Waals surface area contributed by atoms with Crippen molar-refractivity contribution in [3.8, 4) is 16.8 Å². The van der Waals surface area contributed by atoms with E-state index in [-0.39, 0.29) is 0 Å². The summed E-state index contributed by atoms with van der Waals surface area (Å²) in [5, 5.41) is 16.4. The Morgan fingerprint density at radius 2 is 1.02 bits per heavy atom. The molecule has 0 aliphatic carbocycles. The van der Waals surface area contributed by atoms with Gasteiger partial charge in [0.25, 0.3) is 0 Å². The number of aromatic nitrogens is 1. The number of benzene rings is 11. The van der Waals surface area contributed by atoms with Crippen LogP contribution in [0.3, 0.4) is 0 Å². The molecule has 1 aromatic heterocycles. The number of nitrogens with one attached hydrogen (secondary N) is 1. The fourth-order valence-corrected chi connectivity index (χ4v) is 9.77. The molecule has 0 saturated heterocycles. The maximum absolute atomic E-state index is 3.72. The number of hydrogen-bond donors (Lipinski definition) is 1. The van der Waals surface area contributed by atoms with Crippen LogP contribution in [0.25, 0.3) is 81.7 Å². The second-order valence-electron chi connectivity index (χ2n) is 16.4. The Kier molecular flexibility index (Phi) is 7.98. The van der Waals surface area contributed by atoms with Gasteiger partial charge in [-0.1, -0.05) is 145 Å².